The molecule has 154 valence electrons. The van der Waals surface area contributed by atoms with Crippen LogP contribution in [-0.2, 0) is 22.9 Å². The van der Waals surface area contributed by atoms with Crippen LogP contribution in [0.3, 0.4) is 0 Å². The fourth-order valence-electron chi connectivity index (χ4n) is 3.56. The molecular weight excluding hydrogens is 420 g/mol. The van der Waals surface area contributed by atoms with E-state index in [0.717, 1.165) is 11.1 Å². The highest BCUT2D eigenvalue weighted by molar-refractivity contribution is 7.92. The number of amides is 1. The zero-order valence-electron chi connectivity index (χ0n) is 16.2. The van der Waals surface area contributed by atoms with Crippen LogP contribution in [0.5, 0.6) is 0 Å². The Bertz CT molecular complexity index is 1180. The number of carbonyl (C=O) groups excluding carboxylic acids is 1. The van der Waals surface area contributed by atoms with E-state index in [1.807, 2.05) is 48.5 Å². The molecule has 1 amide bonds. The Balaban J connectivity index is 1.47. The third kappa shape index (κ3) is 4.20. The molecule has 0 saturated carbocycles. The molecule has 5 nitrogen and oxygen atoms in total. The summed E-state index contributed by atoms with van der Waals surface area (Å²) >= 11 is 5.88. The number of fused-ring (bicyclic) bond motifs is 1. The van der Waals surface area contributed by atoms with E-state index >= 15 is 0 Å². The summed E-state index contributed by atoms with van der Waals surface area (Å²) in [6, 6.07) is 21.1. The zero-order valence-corrected chi connectivity index (χ0v) is 17.8. The Morgan fingerprint density at radius 2 is 1.77 bits per heavy atom. The topological polar surface area (TPSA) is 66.5 Å². The van der Waals surface area contributed by atoms with Gasteiger partial charge in [-0.05, 0) is 60.4 Å². The first kappa shape index (κ1) is 20.4. The average Bonchev–Trinajstić information content (AvgIpc) is 3.20. The second-order valence-corrected chi connectivity index (χ2v) is 9.41. The van der Waals surface area contributed by atoms with Crippen LogP contribution in [0.1, 0.15) is 21.5 Å². The lowest BCUT2D eigenvalue weighted by Gasteiger charge is -2.20. The maximum Gasteiger partial charge on any atom is 0.264 e. The average molecular weight is 441 g/mol. The lowest BCUT2D eigenvalue weighted by atomic mass is 10.1. The number of carbonyl (C=O) groups is 1. The summed E-state index contributed by atoms with van der Waals surface area (Å²) in [6.07, 6.45) is 1.34. The van der Waals surface area contributed by atoms with Crippen LogP contribution in [0, 0.1) is 0 Å². The Hall–Kier alpha value is -2.83. The number of benzene rings is 3. The van der Waals surface area contributed by atoms with Crippen molar-refractivity contribution in [3.8, 4) is 0 Å². The predicted octanol–water partition coefficient (Wildman–Crippen LogP) is 4.06. The second-order valence-electron chi connectivity index (χ2n) is 7.12. The van der Waals surface area contributed by atoms with Crippen LogP contribution in [0.4, 0.5) is 5.69 Å². The van der Waals surface area contributed by atoms with Crippen molar-refractivity contribution >= 4 is 33.2 Å². The van der Waals surface area contributed by atoms with E-state index in [2.05, 4.69) is 5.32 Å². The number of hydrogen-bond donors (Lipinski definition) is 1. The summed E-state index contributed by atoms with van der Waals surface area (Å²) in [4.78, 5) is 12.7. The monoisotopic (exact) mass is 440 g/mol. The minimum absolute atomic E-state index is 0.115. The highest BCUT2D eigenvalue weighted by Crippen LogP contribution is 2.32. The SMILES string of the molecule is O=C(NCCc1ccc(Cl)cc1)c1cccc(S(=O)(=O)N2CCc3ccccc32)c1. The normalized spacial score (nSPS) is 13.2. The van der Waals surface area contributed by atoms with Crippen LogP contribution >= 0.6 is 11.6 Å². The van der Waals surface area contributed by atoms with Crippen LogP contribution in [0.2, 0.25) is 5.02 Å². The summed E-state index contributed by atoms with van der Waals surface area (Å²) < 4.78 is 27.8. The van der Waals surface area contributed by atoms with Gasteiger partial charge < -0.3 is 5.32 Å². The lowest BCUT2D eigenvalue weighted by Crippen LogP contribution is -2.30. The summed E-state index contributed by atoms with van der Waals surface area (Å²) in [7, 11) is -3.73. The smallest absolute Gasteiger partial charge is 0.264 e. The van der Waals surface area contributed by atoms with Gasteiger partial charge in [-0.2, -0.15) is 0 Å². The number of nitrogens with zero attached hydrogens (tertiary/aromatic N) is 1. The number of para-hydroxylation sites is 1. The number of halogens is 1. The van der Waals surface area contributed by atoms with Crippen LogP contribution in [-0.4, -0.2) is 27.4 Å². The molecule has 0 bridgehead atoms. The summed E-state index contributed by atoms with van der Waals surface area (Å²) in [5.41, 5.74) is 3.09. The van der Waals surface area contributed by atoms with Gasteiger partial charge in [0.2, 0.25) is 0 Å². The fraction of sp³-hybridized carbons (Fsp3) is 0.174. The number of rotatable bonds is 6. The minimum atomic E-state index is -3.73. The highest BCUT2D eigenvalue weighted by Gasteiger charge is 2.30. The lowest BCUT2D eigenvalue weighted by molar-refractivity contribution is 0.0954. The Morgan fingerprint density at radius 3 is 2.57 bits per heavy atom. The van der Waals surface area contributed by atoms with E-state index in [0.29, 0.717) is 42.2 Å². The third-order valence-corrected chi connectivity index (χ3v) is 7.20. The van der Waals surface area contributed by atoms with E-state index in [-0.39, 0.29) is 10.8 Å². The third-order valence-electron chi connectivity index (χ3n) is 5.14. The highest BCUT2D eigenvalue weighted by atomic mass is 35.5. The van der Waals surface area contributed by atoms with Gasteiger partial charge in [0.05, 0.1) is 10.6 Å². The van der Waals surface area contributed by atoms with E-state index in [1.54, 1.807) is 12.1 Å². The van der Waals surface area contributed by atoms with Crippen molar-refractivity contribution in [2.45, 2.75) is 17.7 Å². The second kappa shape index (κ2) is 8.50. The molecule has 0 spiro atoms. The maximum absolute atomic E-state index is 13.2. The summed E-state index contributed by atoms with van der Waals surface area (Å²) in [6.45, 7) is 0.843. The first-order valence-corrected chi connectivity index (χ1v) is 11.5. The maximum atomic E-state index is 13.2. The van der Waals surface area contributed by atoms with Gasteiger partial charge in [0, 0.05) is 23.7 Å². The van der Waals surface area contributed by atoms with Gasteiger partial charge in [0.1, 0.15) is 0 Å². The van der Waals surface area contributed by atoms with Gasteiger partial charge in [-0.25, -0.2) is 8.42 Å². The molecule has 1 heterocycles. The van der Waals surface area contributed by atoms with E-state index in [1.165, 1.54) is 16.4 Å². The first-order valence-electron chi connectivity index (χ1n) is 9.68. The largest absolute Gasteiger partial charge is 0.352 e. The Kier molecular flexibility index (Phi) is 5.79. The van der Waals surface area contributed by atoms with E-state index in [9.17, 15) is 13.2 Å². The van der Waals surface area contributed by atoms with Crippen LogP contribution in [0.15, 0.2) is 77.7 Å². The van der Waals surface area contributed by atoms with E-state index < -0.39 is 10.0 Å². The number of nitrogens with one attached hydrogen (secondary N) is 1. The van der Waals surface area contributed by atoms with Crippen molar-refractivity contribution in [2.75, 3.05) is 17.4 Å². The molecule has 0 atom stereocenters. The van der Waals surface area contributed by atoms with Crippen molar-refractivity contribution in [3.05, 3.63) is 94.5 Å². The van der Waals surface area contributed by atoms with Gasteiger partial charge in [-0.15, -0.1) is 0 Å². The molecule has 0 fully saturated rings. The Labute approximate surface area is 181 Å². The van der Waals surface area contributed by atoms with E-state index in [4.69, 9.17) is 11.6 Å². The molecule has 3 aromatic rings. The van der Waals surface area contributed by atoms with Gasteiger partial charge >= 0.3 is 0 Å². The van der Waals surface area contributed by atoms with Gasteiger partial charge in [-0.1, -0.05) is 48.0 Å². The van der Waals surface area contributed by atoms with Crippen molar-refractivity contribution in [1.29, 1.82) is 0 Å². The van der Waals surface area contributed by atoms with Crippen molar-refractivity contribution < 1.29 is 13.2 Å². The molecule has 0 aromatic heterocycles. The molecule has 0 unspecified atom stereocenters. The molecular formula is C23H21ClN2O3S. The molecule has 7 heteroatoms. The molecule has 0 aliphatic carbocycles. The molecule has 4 rings (SSSR count). The number of sulfonamides is 1. The number of anilines is 1. The molecule has 30 heavy (non-hydrogen) atoms. The zero-order chi connectivity index (χ0) is 21.1. The van der Waals surface area contributed by atoms with Gasteiger partial charge in [0.15, 0.2) is 0 Å². The minimum Gasteiger partial charge on any atom is -0.352 e. The van der Waals surface area contributed by atoms with Crippen LogP contribution in [0.25, 0.3) is 0 Å². The van der Waals surface area contributed by atoms with Gasteiger partial charge in [-0.3, -0.25) is 9.10 Å². The first-order chi connectivity index (χ1) is 14.4. The molecule has 1 aliphatic heterocycles. The molecule has 0 radical (unpaired) electrons. The number of hydrogen-bond acceptors (Lipinski definition) is 3. The molecule has 0 saturated heterocycles. The van der Waals surface area contributed by atoms with Gasteiger partial charge in [0.25, 0.3) is 15.9 Å². The molecule has 1 aliphatic rings. The van der Waals surface area contributed by atoms with Crippen molar-refractivity contribution in [2.24, 2.45) is 0 Å². The van der Waals surface area contributed by atoms with Crippen molar-refractivity contribution in [1.82, 2.24) is 5.32 Å². The predicted molar refractivity (Wildman–Crippen MR) is 119 cm³/mol. The van der Waals surface area contributed by atoms with Crippen LogP contribution < -0.4 is 9.62 Å². The fourth-order valence-corrected chi connectivity index (χ4v) is 5.23. The molecule has 1 N–H and O–H groups in total. The standard InChI is InChI=1S/C23H21ClN2O3S/c24-20-10-8-17(9-11-20)12-14-25-23(27)19-5-3-6-21(16-19)30(28,29)26-15-13-18-4-1-2-7-22(18)26/h1-11,16H,12-15H2,(H,25,27). The molecule has 3 aromatic carbocycles. The quantitative estimate of drug-likeness (QED) is 0.628. The van der Waals surface area contributed by atoms with Crippen molar-refractivity contribution in [3.63, 3.8) is 0 Å². The Morgan fingerprint density at radius 1 is 1.00 bits per heavy atom. The summed E-state index contributed by atoms with van der Waals surface area (Å²) in [5.74, 6) is -0.303. The summed E-state index contributed by atoms with van der Waals surface area (Å²) in [5, 5.41) is 3.51.